The van der Waals surface area contributed by atoms with Crippen LogP contribution in [0.15, 0.2) is 16.8 Å². The average molecular weight is 560 g/mol. The zero-order valence-electron chi connectivity index (χ0n) is 23.0. The monoisotopic (exact) mass is 559 g/mol. The second kappa shape index (κ2) is 15.8. The number of carbonyl (C=O) groups excluding carboxylic acids is 3. The summed E-state index contributed by atoms with van der Waals surface area (Å²) < 4.78 is 22.6. The number of rotatable bonds is 5. The summed E-state index contributed by atoms with van der Waals surface area (Å²) >= 11 is 0. The van der Waals surface area contributed by atoms with E-state index in [1.165, 1.54) is 6.92 Å². The Kier molecular flexibility index (Phi) is 14.3. The van der Waals surface area contributed by atoms with E-state index >= 15 is 0 Å². The molecule has 0 amide bonds. The van der Waals surface area contributed by atoms with Crippen LogP contribution in [0, 0.1) is 17.3 Å². The van der Waals surface area contributed by atoms with E-state index in [0.29, 0.717) is 19.3 Å². The lowest BCUT2D eigenvalue weighted by Crippen LogP contribution is -2.46. The van der Waals surface area contributed by atoms with Crippen LogP contribution in [-0.2, 0) is 32.9 Å². The van der Waals surface area contributed by atoms with Gasteiger partial charge in [-0.2, -0.15) is 0 Å². The van der Waals surface area contributed by atoms with E-state index in [1.54, 1.807) is 13.8 Å². The molecule has 1 heterocycles. The highest BCUT2D eigenvalue weighted by molar-refractivity contribution is 7.10. The van der Waals surface area contributed by atoms with Gasteiger partial charge in [-0.25, -0.2) is 0 Å². The Labute approximate surface area is 225 Å². The number of azide groups is 1. The quantitative estimate of drug-likeness (QED) is 0.106. The highest BCUT2D eigenvalue weighted by atomic mass is 31.0. The fraction of sp³-hybridized carbons (Fsp3) is 0.800. The van der Waals surface area contributed by atoms with Gasteiger partial charge in [0.25, 0.3) is 0 Å². The zero-order chi connectivity index (χ0) is 28.3. The van der Waals surface area contributed by atoms with Gasteiger partial charge in [0.1, 0.15) is 18.0 Å². The molecule has 0 bridgehead atoms. The average Bonchev–Trinajstić information content (AvgIpc) is 2.84. The molecule has 1 aliphatic heterocycles. The van der Waals surface area contributed by atoms with Crippen LogP contribution in [0.1, 0.15) is 80.6 Å². The molecule has 12 heteroatoms. The Morgan fingerprint density at radius 3 is 2.35 bits per heavy atom. The van der Waals surface area contributed by atoms with Crippen molar-refractivity contribution >= 4 is 36.7 Å². The van der Waals surface area contributed by atoms with E-state index in [9.17, 15) is 19.9 Å². The number of ketones is 1. The molecule has 0 radical (unpaired) electrons. The summed E-state index contributed by atoms with van der Waals surface area (Å²) in [4.78, 5) is 41.6. The van der Waals surface area contributed by atoms with E-state index in [4.69, 9.17) is 18.5 Å². The SMILES string of the molecule is C/C=C(\C)C1CC(N=[N+]=[N-])C(OC(C)=O)CCCC(C)C(OP)[C@@H](C)C(=O)C(C)(C)C(OP)CC(=O)O1. The summed E-state index contributed by atoms with van der Waals surface area (Å²) in [7, 11) is 4.41. The molecule has 0 aliphatic carbocycles. The van der Waals surface area contributed by atoms with Gasteiger partial charge >= 0.3 is 11.9 Å². The first-order chi connectivity index (χ1) is 17.3. The predicted molar refractivity (Wildman–Crippen MR) is 147 cm³/mol. The summed E-state index contributed by atoms with van der Waals surface area (Å²) in [5.74, 6) is -1.62. The third-order valence-corrected chi connectivity index (χ3v) is 8.01. The number of carbonyl (C=O) groups is 3. The molecule has 10 nitrogen and oxygen atoms in total. The van der Waals surface area contributed by atoms with Gasteiger partial charge in [-0.1, -0.05) is 38.9 Å². The van der Waals surface area contributed by atoms with E-state index in [-0.39, 0.29) is 24.5 Å². The minimum Gasteiger partial charge on any atom is -0.462 e. The third-order valence-electron chi connectivity index (χ3n) is 7.37. The number of hydrogen-bond donors (Lipinski definition) is 0. The van der Waals surface area contributed by atoms with Crippen molar-refractivity contribution in [1.82, 2.24) is 0 Å². The molecule has 0 aromatic carbocycles. The van der Waals surface area contributed by atoms with Gasteiger partial charge in [-0.15, -0.1) is 0 Å². The molecule has 210 valence electrons. The summed E-state index contributed by atoms with van der Waals surface area (Å²) in [6.07, 6.45) is 0.976. The molecule has 0 aromatic heterocycles. The number of esters is 2. The first-order valence-electron chi connectivity index (χ1n) is 12.6. The standard InChI is InChI=1S/C25H43N3O7P2/c1-8-14(2)20-12-18(27-28-26)19(32-17(5)29)11-9-10-15(3)23(35-37)16(4)24(31)25(6,7)21(34-36)13-22(30)33-20/h8,15-16,18-21,23H,9-13,36-37H2,1-7H3/b14-8+/t15?,16-,18?,19?,20?,21?,23?/m1/s1. The molecule has 0 N–H and O–H groups in total. The maximum atomic E-state index is 13.6. The zero-order valence-corrected chi connectivity index (χ0v) is 25.3. The van der Waals surface area contributed by atoms with Crippen molar-refractivity contribution in [3.8, 4) is 0 Å². The van der Waals surface area contributed by atoms with Crippen LogP contribution < -0.4 is 0 Å². The van der Waals surface area contributed by atoms with E-state index in [1.807, 2.05) is 33.8 Å². The molecule has 1 aliphatic rings. The van der Waals surface area contributed by atoms with Gasteiger partial charge in [0.05, 0.1) is 30.1 Å². The normalized spacial score (nSPS) is 32.7. The summed E-state index contributed by atoms with van der Waals surface area (Å²) in [6.45, 7) is 12.3. The number of Topliss-reactive ketones (excluding diaryl/α,β-unsaturated/α-hetero) is 1. The van der Waals surface area contributed by atoms with Crippen LogP contribution in [0.25, 0.3) is 10.4 Å². The smallest absolute Gasteiger partial charge is 0.309 e. The first kappa shape index (κ1) is 33.5. The van der Waals surface area contributed by atoms with Crippen LogP contribution in [0.5, 0.6) is 0 Å². The molecule has 9 atom stereocenters. The summed E-state index contributed by atoms with van der Waals surface area (Å²) in [5.41, 5.74) is 9.01. The molecule has 0 aromatic rings. The summed E-state index contributed by atoms with van der Waals surface area (Å²) in [6, 6.07) is -0.746. The molecular weight excluding hydrogens is 516 g/mol. The topological polar surface area (TPSA) is 137 Å². The van der Waals surface area contributed by atoms with Gasteiger partial charge in [0.2, 0.25) is 0 Å². The van der Waals surface area contributed by atoms with Crippen LogP contribution >= 0.6 is 18.9 Å². The van der Waals surface area contributed by atoms with Crippen LogP contribution in [0.2, 0.25) is 0 Å². The van der Waals surface area contributed by atoms with Crippen molar-refractivity contribution in [2.75, 3.05) is 0 Å². The lowest BCUT2D eigenvalue weighted by molar-refractivity contribution is -0.155. The van der Waals surface area contributed by atoms with Crippen LogP contribution in [0.4, 0.5) is 0 Å². The maximum Gasteiger partial charge on any atom is 0.309 e. The fourth-order valence-electron chi connectivity index (χ4n) is 4.89. The maximum absolute atomic E-state index is 13.6. The van der Waals surface area contributed by atoms with Gasteiger partial charge in [-0.3, -0.25) is 14.4 Å². The number of hydrogen-bond acceptors (Lipinski definition) is 8. The van der Waals surface area contributed by atoms with Gasteiger partial charge in [0, 0.05) is 43.1 Å². The first-order valence-corrected chi connectivity index (χ1v) is 13.6. The van der Waals surface area contributed by atoms with E-state index < -0.39 is 53.7 Å². The van der Waals surface area contributed by atoms with E-state index in [0.717, 1.165) is 5.57 Å². The lowest BCUT2D eigenvalue weighted by atomic mass is 9.73. The Balaban J connectivity index is 3.52. The van der Waals surface area contributed by atoms with Crippen molar-refractivity contribution in [2.45, 2.75) is 111 Å². The Morgan fingerprint density at radius 1 is 1.19 bits per heavy atom. The molecule has 8 unspecified atom stereocenters. The fourth-order valence-corrected chi connectivity index (χ4v) is 5.83. The molecule has 1 rings (SSSR count). The second-order valence-corrected chi connectivity index (χ2v) is 10.9. The van der Waals surface area contributed by atoms with Gasteiger partial charge in [0.15, 0.2) is 0 Å². The molecule has 0 spiro atoms. The van der Waals surface area contributed by atoms with Crippen molar-refractivity contribution in [2.24, 2.45) is 22.4 Å². The number of allylic oxidation sites excluding steroid dienone is 1. The second-order valence-electron chi connectivity index (χ2n) is 10.4. The highest BCUT2D eigenvalue weighted by Gasteiger charge is 2.44. The van der Waals surface area contributed by atoms with Crippen molar-refractivity contribution in [1.29, 1.82) is 0 Å². The number of nitrogens with zero attached hydrogens (tertiary/aromatic N) is 3. The Hall–Kier alpha value is -1.56. The molecule has 0 saturated carbocycles. The lowest BCUT2D eigenvalue weighted by Gasteiger charge is -2.37. The predicted octanol–water partition coefficient (Wildman–Crippen LogP) is 5.66. The van der Waals surface area contributed by atoms with Crippen molar-refractivity contribution in [3.05, 3.63) is 22.1 Å². The minimum absolute atomic E-state index is 0.00518. The molecular formula is C25H43N3O7P2. The molecule has 1 fully saturated rings. The number of ether oxygens (including phenoxy) is 2. The largest absolute Gasteiger partial charge is 0.462 e. The van der Waals surface area contributed by atoms with E-state index in [2.05, 4.69) is 29.0 Å². The van der Waals surface area contributed by atoms with Crippen LogP contribution in [-0.4, -0.2) is 48.2 Å². The minimum atomic E-state index is -1.00. The summed E-state index contributed by atoms with van der Waals surface area (Å²) in [5, 5.41) is 3.92. The third kappa shape index (κ3) is 9.60. The Bertz CT molecular complexity index is 876. The van der Waals surface area contributed by atoms with Crippen molar-refractivity contribution < 1.29 is 32.9 Å². The van der Waals surface area contributed by atoms with Crippen molar-refractivity contribution in [3.63, 3.8) is 0 Å². The highest BCUT2D eigenvalue weighted by Crippen LogP contribution is 2.36. The Morgan fingerprint density at radius 2 is 1.84 bits per heavy atom. The van der Waals surface area contributed by atoms with Gasteiger partial charge in [-0.05, 0) is 50.1 Å². The molecule has 37 heavy (non-hydrogen) atoms. The van der Waals surface area contributed by atoms with Gasteiger partial charge < -0.3 is 18.5 Å². The number of cyclic esters (lactones) is 1. The van der Waals surface area contributed by atoms with Crippen LogP contribution in [0.3, 0.4) is 0 Å². The molecule has 1 saturated heterocycles.